The third-order valence-corrected chi connectivity index (χ3v) is 4.54. The summed E-state index contributed by atoms with van der Waals surface area (Å²) in [6.45, 7) is 6.45. The molecule has 0 bridgehead atoms. The molecule has 1 heterocycles. The number of Topliss-reactive ketones (excluding diaryl/α,β-unsaturated/α-hetero) is 1. The number of carbonyl (C=O) groups is 1. The molecule has 0 aliphatic rings. The maximum atomic E-state index is 14.1. The predicted octanol–water partition coefficient (Wildman–Crippen LogP) is 6.90. The molecule has 1 atom stereocenters. The van der Waals surface area contributed by atoms with Crippen LogP contribution in [0.3, 0.4) is 0 Å². The fraction of sp³-hybridized carbons (Fsp3) is 0.364. The van der Waals surface area contributed by atoms with E-state index >= 15 is 0 Å². The number of halogens is 3. The van der Waals surface area contributed by atoms with E-state index in [-0.39, 0.29) is 28.0 Å². The normalized spacial score (nSPS) is 13.1. The van der Waals surface area contributed by atoms with Crippen molar-refractivity contribution in [2.24, 2.45) is 11.8 Å². The van der Waals surface area contributed by atoms with Gasteiger partial charge < -0.3 is 9.53 Å². The highest BCUT2D eigenvalue weighted by atomic mass is 35.5. The van der Waals surface area contributed by atoms with Gasteiger partial charge in [-0.2, -0.15) is 0 Å². The van der Waals surface area contributed by atoms with Crippen molar-refractivity contribution in [3.8, 4) is 11.6 Å². The van der Waals surface area contributed by atoms with Crippen molar-refractivity contribution < 1.29 is 18.3 Å². The van der Waals surface area contributed by atoms with Crippen molar-refractivity contribution in [1.29, 1.82) is 0 Å². The summed E-state index contributed by atoms with van der Waals surface area (Å²) in [5.41, 5.74) is 0.716. The van der Waals surface area contributed by atoms with Crippen molar-refractivity contribution in [2.45, 2.75) is 40.0 Å². The van der Waals surface area contributed by atoms with Gasteiger partial charge in [-0.1, -0.05) is 44.5 Å². The first kappa shape index (κ1) is 22.0. The van der Waals surface area contributed by atoms with E-state index in [4.69, 9.17) is 16.3 Å². The van der Waals surface area contributed by atoms with Crippen LogP contribution in [0.15, 0.2) is 42.6 Å². The van der Waals surface area contributed by atoms with Gasteiger partial charge in [0.15, 0.2) is 0 Å². The van der Waals surface area contributed by atoms with E-state index in [0.717, 1.165) is 5.56 Å². The zero-order valence-electron chi connectivity index (χ0n) is 16.4. The van der Waals surface area contributed by atoms with Crippen LogP contribution in [-0.4, -0.2) is 10.8 Å². The molecule has 0 unspecified atom stereocenters. The fourth-order valence-corrected chi connectivity index (χ4v) is 2.80. The van der Waals surface area contributed by atoms with Crippen molar-refractivity contribution in [3.63, 3.8) is 0 Å². The van der Waals surface area contributed by atoms with E-state index in [9.17, 15) is 13.6 Å². The number of alkyl halides is 2. The van der Waals surface area contributed by atoms with Crippen LogP contribution in [0.1, 0.15) is 45.2 Å². The Kier molecular flexibility index (Phi) is 7.30. The van der Waals surface area contributed by atoms with E-state index in [0.29, 0.717) is 12.3 Å². The average Bonchev–Trinajstić information content (AvgIpc) is 2.62. The number of ether oxygens (including phenoxy) is 1. The topological polar surface area (TPSA) is 39.2 Å². The van der Waals surface area contributed by atoms with Gasteiger partial charge in [0.05, 0.1) is 5.02 Å². The molecule has 0 saturated carbocycles. The molecule has 0 aliphatic carbocycles. The molecule has 1 aromatic carbocycles. The summed E-state index contributed by atoms with van der Waals surface area (Å²) in [6.07, 6.45) is 5.96. The smallest absolute Gasteiger partial charge is 0.275 e. The summed E-state index contributed by atoms with van der Waals surface area (Å²) < 4.78 is 33.9. The first-order chi connectivity index (χ1) is 13.1. The van der Waals surface area contributed by atoms with Gasteiger partial charge in [-0.15, -0.1) is 0 Å². The zero-order valence-corrected chi connectivity index (χ0v) is 17.1. The highest BCUT2D eigenvalue weighted by molar-refractivity contribution is 6.32. The third kappa shape index (κ3) is 5.86. The molecule has 0 N–H and O–H groups in total. The molecular weight excluding hydrogens is 384 g/mol. The fourth-order valence-electron chi connectivity index (χ4n) is 2.58. The van der Waals surface area contributed by atoms with Crippen molar-refractivity contribution in [3.05, 3.63) is 58.8 Å². The maximum absolute atomic E-state index is 14.1. The van der Waals surface area contributed by atoms with Crippen molar-refractivity contribution in [1.82, 2.24) is 4.98 Å². The number of nitrogens with zero attached hydrogens (tertiary/aromatic N) is 1. The lowest BCUT2D eigenvalue weighted by atomic mass is 9.98. The van der Waals surface area contributed by atoms with Crippen LogP contribution < -0.4 is 4.74 Å². The molecule has 0 aliphatic heterocycles. The van der Waals surface area contributed by atoms with Gasteiger partial charge in [0, 0.05) is 30.2 Å². The van der Waals surface area contributed by atoms with Gasteiger partial charge in [0.1, 0.15) is 11.5 Å². The number of benzene rings is 1. The Morgan fingerprint density at radius 1 is 1.25 bits per heavy atom. The standard InChI is InChI=1S/C22H24ClF2NO2/c1-14(2)22(24,25)18-8-9-20(19(23)12-18)28-21-10-7-17(13-26-21)6-5-15(3)11-16(4)27/h5-10,12-15H,11H2,1-4H3/b6-5+/t15-/m0/s1. The number of hydrogen-bond acceptors (Lipinski definition) is 3. The molecule has 150 valence electrons. The Morgan fingerprint density at radius 3 is 2.50 bits per heavy atom. The second-order valence-electron chi connectivity index (χ2n) is 7.20. The highest BCUT2D eigenvalue weighted by Gasteiger charge is 2.35. The largest absolute Gasteiger partial charge is 0.437 e. The predicted molar refractivity (Wildman–Crippen MR) is 108 cm³/mol. The SMILES string of the molecule is CC(=O)C[C@@H](C)/C=C/c1ccc(Oc2ccc(C(F)(F)C(C)C)cc2Cl)nc1. The van der Waals surface area contributed by atoms with Crippen molar-refractivity contribution >= 4 is 23.5 Å². The maximum Gasteiger partial charge on any atom is 0.275 e. The number of ketones is 1. The summed E-state index contributed by atoms with van der Waals surface area (Å²) in [5, 5.41) is 0.0988. The Balaban J connectivity index is 2.08. The molecule has 0 saturated heterocycles. The van der Waals surface area contributed by atoms with Crippen LogP contribution in [0, 0.1) is 11.8 Å². The van der Waals surface area contributed by atoms with Gasteiger partial charge in [-0.25, -0.2) is 13.8 Å². The zero-order chi connectivity index (χ0) is 20.9. The minimum atomic E-state index is -2.96. The summed E-state index contributed by atoms with van der Waals surface area (Å²) >= 11 is 6.12. The van der Waals surface area contributed by atoms with Crippen LogP contribution in [0.2, 0.25) is 5.02 Å². The van der Waals surface area contributed by atoms with E-state index in [1.54, 1.807) is 19.2 Å². The quantitative estimate of drug-likeness (QED) is 0.477. The minimum absolute atomic E-state index is 0.0988. The molecule has 2 rings (SSSR count). The number of hydrogen-bond donors (Lipinski definition) is 0. The molecule has 0 radical (unpaired) electrons. The monoisotopic (exact) mass is 407 g/mol. The van der Waals surface area contributed by atoms with E-state index in [1.165, 1.54) is 32.0 Å². The van der Waals surface area contributed by atoms with Crippen molar-refractivity contribution in [2.75, 3.05) is 0 Å². The van der Waals surface area contributed by atoms with E-state index < -0.39 is 11.8 Å². The van der Waals surface area contributed by atoms with Crippen LogP contribution in [0.5, 0.6) is 11.6 Å². The average molecular weight is 408 g/mol. The molecule has 6 heteroatoms. The Labute approximate surface area is 169 Å². The molecule has 0 amide bonds. The highest BCUT2D eigenvalue weighted by Crippen LogP contribution is 2.39. The molecule has 2 aromatic rings. The first-order valence-corrected chi connectivity index (χ1v) is 9.46. The molecule has 28 heavy (non-hydrogen) atoms. The Morgan fingerprint density at radius 2 is 1.96 bits per heavy atom. The Bertz CT molecular complexity index is 848. The van der Waals surface area contributed by atoms with Crippen LogP contribution in [0.25, 0.3) is 6.08 Å². The van der Waals surface area contributed by atoms with Crippen LogP contribution in [-0.2, 0) is 10.7 Å². The third-order valence-electron chi connectivity index (χ3n) is 4.24. The molecule has 1 aromatic heterocycles. The van der Waals surface area contributed by atoms with Gasteiger partial charge in [0.25, 0.3) is 5.92 Å². The summed E-state index contributed by atoms with van der Waals surface area (Å²) in [6, 6.07) is 7.45. The molecular formula is C22H24ClF2NO2. The minimum Gasteiger partial charge on any atom is -0.437 e. The summed E-state index contributed by atoms with van der Waals surface area (Å²) in [5.74, 6) is -2.94. The number of allylic oxidation sites excluding steroid dienone is 1. The summed E-state index contributed by atoms with van der Waals surface area (Å²) in [7, 11) is 0. The lowest BCUT2D eigenvalue weighted by molar-refractivity contribution is -0.117. The second-order valence-corrected chi connectivity index (χ2v) is 7.60. The summed E-state index contributed by atoms with van der Waals surface area (Å²) in [4.78, 5) is 15.3. The van der Waals surface area contributed by atoms with Crippen LogP contribution >= 0.6 is 11.6 Å². The molecule has 0 spiro atoms. The van der Waals surface area contributed by atoms with E-state index in [1.807, 2.05) is 25.1 Å². The molecule has 0 fully saturated rings. The number of aromatic nitrogens is 1. The van der Waals surface area contributed by atoms with Crippen LogP contribution in [0.4, 0.5) is 8.78 Å². The van der Waals surface area contributed by atoms with Gasteiger partial charge in [-0.05, 0) is 42.7 Å². The lowest BCUT2D eigenvalue weighted by Crippen LogP contribution is -2.20. The molecule has 3 nitrogen and oxygen atoms in total. The first-order valence-electron chi connectivity index (χ1n) is 9.09. The lowest BCUT2D eigenvalue weighted by Gasteiger charge is -2.21. The van der Waals surface area contributed by atoms with Gasteiger partial charge in [0.2, 0.25) is 5.88 Å². The van der Waals surface area contributed by atoms with Gasteiger partial charge in [-0.3, -0.25) is 0 Å². The number of pyridine rings is 1. The Hall–Kier alpha value is -2.27. The second kappa shape index (κ2) is 9.28. The van der Waals surface area contributed by atoms with Gasteiger partial charge >= 0.3 is 0 Å². The number of carbonyl (C=O) groups excluding carboxylic acids is 1. The number of rotatable bonds is 8. The van der Waals surface area contributed by atoms with E-state index in [2.05, 4.69) is 4.98 Å².